The van der Waals surface area contributed by atoms with Crippen LogP contribution in [0, 0.1) is 5.92 Å². The van der Waals surface area contributed by atoms with Gasteiger partial charge in [0.25, 0.3) is 5.89 Å². The summed E-state index contributed by atoms with van der Waals surface area (Å²) in [5, 5.41) is 13.5. The summed E-state index contributed by atoms with van der Waals surface area (Å²) in [4.78, 5) is 8.27. The van der Waals surface area contributed by atoms with Gasteiger partial charge in [0.2, 0.25) is 0 Å². The number of hydrogen-bond donors (Lipinski definition) is 1. The zero-order chi connectivity index (χ0) is 11.1. The van der Waals surface area contributed by atoms with Gasteiger partial charge in [0.05, 0.1) is 0 Å². The summed E-state index contributed by atoms with van der Waals surface area (Å²) < 4.78 is 5.10. The molecule has 82 valence electrons. The Morgan fingerprint density at radius 3 is 3.00 bits per heavy atom. The first-order chi connectivity index (χ1) is 7.75. The molecule has 1 N–H and O–H groups in total. The molecule has 0 bridgehead atoms. The van der Waals surface area contributed by atoms with Crippen LogP contribution in [0.1, 0.15) is 25.1 Å². The molecule has 0 spiro atoms. The summed E-state index contributed by atoms with van der Waals surface area (Å²) in [6.07, 6.45) is 2.69. The largest absolute Gasteiger partial charge is 0.505 e. The highest BCUT2D eigenvalue weighted by Crippen LogP contribution is 2.45. The van der Waals surface area contributed by atoms with E-state index in [2.05, 4.69) is 22.0 Å². The van der Waals surface area contributed by atoms with Gasteiger partial charge in [-0.2, -0.15) is 4.98 Å². The van der Waals surface area contributed by atoms with Crippen LogP contribution in [0.2, 0.25) is 0 Å². The molecule has 0 amide bonds. The minimum atomic E-state index is 0.0570. The minimum Gasteiger partial charge on any atom is -0.505 e. The second-order valence-electron chi connectivity index (χ2n) is 4.15. The van der Waals surface area contributed by atoms with Crippen LogP contribution >= 0.6 is 0 Å². The van der Waals surface area contributed by atoms with Crippen LogP contribution in [-0.4, -0.2) is 20.2 Å². The maximum absolute atomic E-state index is 9.59. The average molecular weight is 217 g/mol. The molecule has 1 fully saturated rings. The highest BCUT2D eigenvalue weighted by atomic mass is 16.5. The highest BCUT2D eigenvalue weighted by Gasteiger charge is 2.38. The van der Waals surface area contributed by atoms with Crippen molar-refractivity contribution in [1.29, 1.82) is 0 Å². The molecule has 0 aromatic carbocycles. The summed E-state index contributed by atoms with van der Waals surface area (Å²) in [5.41, 5.74) is 0.342. The lowest BCUT2D eigenvalue weighted by atomic mass is 10.3. The molecule has 0 saturated heterocycles. The van der Waals surface area contributed by atoms with Crippen LogP contribution in [0.15, 0.2) is 22.9 Å². The maximum atomic E-state index is 9.59. The molecule has 2 aromatic heterocycles. The number of pyridine rings is 1. The van der Waals surface area contributed by atoms with E-state index in [1.165, 1.54) is 0 Å². The Kier molecular flexibility index (Phi) is 1.92. The Labute approximate surface area is 92.1 Å². The molecular weight excluding hydrogens is 206 g/mol. The topological polar surface area (TPSA) is 72.0 Å². The zero-order valence-corrected chi connectivity index (χ0v) is 8.79. The van der Waals surface area contributed by atoms with E-state index in [4.69, 9.17) is 4.52 Å². The van der Waals surface area contributed by atoms with E-state index in [0.29, 0.717) is 23.4 Å². The van der Waals surface area contributed by atoms with Crippen LogP contribution in [0.4, 0.5) is 0 Å². The molecule has 2 heterocycles. The summed E-state index contributed by atoms with van der Waals surface area (Å²) >= 11 is 0. The van der Waals surface area contributed by atoms with Crippen LogP contribution in [-0.2, 0) is 0 Å². The maximum Gasteiger partial charge on any atom is 0.280 e. The number of nitrogens with zero attached hydrogens (tertiary/aromatic N) is 3. The van der Waals surface area contributed by atoms with Crippen molar-refractivity contribution >= 4 is 0 Å². The van der Waals surface area contributed by atoms with Gasteiger partial charge < -0.3 is 9.63 Å². The van der Waals surface area contributed by atoms with Crippen molar-refractivity contribution in [3.63, 3.8) is 0 Å². The van der Waals surface area contributed by atoms with Crippen molar-refractivity contribution in [2.24, 2.45) is 5.92 Å². The van der Waals surface area contributed by atoms with Crippen LogP contribution < -0.4 is 0 Å². The Morgan fingerprint density at radius 2 is 2.31 bits per heavy atom. The predicted octanol–water partition coefficient (Wildman–Crippen LogP) is 1.96. The molecule has 0 aliphatic heterocycles. The van der Waals surface area contributed by atoms with Gasteiger partial charge >= 0.3 is 0 Å². The Morgan fingerprint density at radius 1 is 1.50 bits per heavy atom. The van der Waals surface area contributed by atoms with Gasteiger partial charge in [-0.15, -0.1) is 0 Å². The lowest BCUT2D eigenvalue weighted by molar-refractivity contribution is 0.415. The smallest absolute Gasteiger partial charge is 0.280 e. The second kappa shape index (κ2) is 3.30. The number of hydrogen-bond acceptors (Lipinski definition) is 5. The summed E-state index contributed by atoms with van der Waals surface area (Å²) in [5.74, 6) is 2.09. The van der Waals surface area contributed by atoms with Crippen molar-refractivity contribution < 1.29 is 9.63 Å². The Balaban J connectivity index is 1.95. The molecule has 3 rings (SSSR count). The Bertz CT molecular complexity index is 523. The van der Waals surface area contributed by atoms with E-state index >= 15 is 0 Å². The molecule has 5 nitrogen and oxygen atoms in total. The molecule has 2 aromatic rings. The molecule has 1 saturated carbocycles. The molecule has 1 aliphatic rings. The molecule has 2 atom stereocenters. The molecular formula is C11H11N3O2. The fourth-order valence-corrected chi connectivity index (χ4v) is 1.73. The third-order valence-electron chi connectivity index (χ3n) is 2.87. The predicted molar refractivity (Wildman–Crippen MR) is 55.7 cm³/mol. The lowest BCUT2D eigenvalue weighted by Gasteiger charge is -1.95. The normalized spacial score (nSPS) is 23.3. The van der Waals surface area contributed by atoms with Crippen LogP contribution in [0.25, 0.3) is 11.6 Å². The van der Waals surface area contributed by atoms with Gasteiger partial charge in [-0.3, -0.25) is 0 Å². The number of aromatic hydroxyl groups is 1. The van der Waals surface area contributed by atoms with E-state index in [-0.39, 0.29) is 11.6 Å². The zero-order valence-electron chi connectivity index (χ0n) is 8.79. The number of aromatic nitrogens is 3. The van der Waals surface area contributed by atoms with Crippen molar-refractivity contribution in [1.82, 2.24) is 15.1 Å². The van der Waals surface area contributed by atoms with Gasteiger partial charge in [-0.1, -0.05) is 12.1 Å². The van der Waals surface area contributed by atoms with E-state index in [9.17, 15) is 5.11 Å². The second-order valence-corrected chi connectivity index (χ2v) is 4.15. The van der Waals surface area contributed by atoms with E-state index in [1.807, 2.05) is 0 Å². The first-order valence-electron chi connectivity index (χ1n) is 5.23. The third-order valence-corrected chi connectivity index (χ3v) is 2.87. The van der Waals surface area contributed by atoms with Gasteiger partial charge in [0.1, 0.15) is 5.75 Å². The monoisotopic (exact) mass is 217 g/mol. The van der Waals surface area contributed by atoms with Gasteiger partial charge in [0.15, 0.2) is 11.5 Å². The highest BCUT2D eigenvalue weighted by molar-refractivity contribution is 5.55. The van der Waals surface area contributed by atoms with Crippen molar-refractivity contribution in [2.45, 2.75) is 19.3 Å². The molecule has 5 heteroatoms. The average Bonchev–Trinajstić information content (AvgIpc) is 2.82. The minimum absolute atomic E-state index is 0.0570. The summed E-state index contributed by atoms with van der Waals surface area (Å²) in [6, 6.07) is 3.20. The molecule has 1 aliphatic carbocycles. The molecule has 16 heavy (non-hydrogen) atoms. The summed E-state index contributed by atoms with van der Waals surface area (Å²) in [7, 11) is 0. The quantitative estimate of drug-likeness (QED) is 0.832. The standard InChI is InChI=1S/C11H11N3O2/c1-6-5-7(6)10-13-11(16-14-10)9-8(15)3-2-4-12-9/h2-4,6-7,15H,5H2,1H3. The van der Waals surface area contributed by atoms with Gasteiger partial charge in [-0.05, 0) is 24.5 Å². The summed E-state index contributed by atoms with van der Waals surface area (Å²) in [6.45, 7) is 2.15. The van der Waals surface area contributed by atoms with E-state index < -0.39 is 0 Å². The van der Waals surface area contributed by atoms with Crippen LogP contribution in [0.5, 0.6) is 5.75 Å². The van der Waals surface area contributed by atoms with Crippen molar-refractivity contribution in [3.05, 3.63) is 24.2 Å². The van der Waals surface area contributed by atoms with Gasteiger partial charge in [-0.25, -0.2) is 4.98 Å². The fourth-order valence-electron chi connectivity index (χ4n) is 1.73. The number of rotatable bonds is 2. The van der Waals surface area contributed by atoms with Crippen molar-refractivity contribution in [3.8, 4) is 17.3 Å². The SMILES string of the molecule is CC1CC1c1noc(-c2ncccc2O)n1. The van der Waals surface area contributed by atoms with Crippen molar-refractivity contribution in [2.75, 3.05) is 0 Å². The lowest BCUT2D eigenvalue weighted by Crippen LogP contribution is -1.86. The van der Waals surface area contributed by atoms with E-state index in [0.717, 1.165) is 6.42 Å². The van der Waals surface area contributed by atoms with Crippen LogP contribution in [0.3, 0.4) is 0 Å². The first-order valence-corrected chi connectivity index (χ1v) is 5.23. The Hall–Kier alpha value is -1.91. The van der Waals surface area contributed by atoms with Gasteiger partial charge in [0, 0.05) is 12.1 Å². The fraction of sp³-hybridized carbons (Fsp3) is 0.364. The first kappa shape index (κ1) is 9.33. The molecule has 2 unspecified atom stereocenters. The third kappa shape index (κ3) is 1.44. The molecule has 0 radical (unpaired) electrons. The van der Waals surface area contributed by atoms with E-state index in [1.54, 1.807) is 18.3 Å².